The van der Waals surface area contributed by atoms with E-state index in [1.165, 1.54) is 18.9 Å². The Morgan fingerprint density at radius 1 is 0.611 bits per heavy atom. The Morgan fingerprint density at radius 2 is 1.00 bits per heavy atom. The summed E-state index contributed by atoms with van der Waals surface area (Å²) in [4.78, 5) is 77.3. The first-order valence-corrected chi connectivity index (χ1v) is 25.4. The Morgan fingerprint density at radius 3 is 1.29 bits per heavy atom. The third kappa shape index (κ3) is 37.0. The number of nitrogens with two attached hydrogens (primary N) is 1. The van der Waals surface area contributed by atoms with Gasteiger partial charge >= 0.3 is 23.9 Å². The van der Waals surface area contributed by atoms with Gasteiger partial charge in [-0.2, -0.15) is 0 Å². The fourth-order valence-electron chi connectivity index (χ4n) is 3.77. The van der Waals surface area contributed by atoms with Gasteiger partial charge in [0, 0.05) is 29.9 Å². The molecule has 0 aromatic heterocycles. The maximum atomic E-state index is 11.6. The Balaban J connectivity index is -0.000000255. The number of esters is 3. The van der Waals surface area contributed by atoms with Gasteiger partial charge in [0.15, 0.2) is 0 Å². The van der Waals surface area contributed by atoms with Crippen LogP contribution in [0.25, 0.3) is 0 Å². The van der Waals surface area contributed by atoms with Crippen molar-refractivity contribution < 1.29 is 62.7 Å². The first-order chi connectivity index (χ1) is 32.9. The van der Waals surface area contributed by atoms with Crippen LogP contribution in [-0.4, -0.2) is 98.1 Å². The summed E-state index contributed by atoms with van der Waals surface area (Å²) >= 11 is 0. The molecule has 16 heteroatoms. The summed E-state index contributed by atoms with van der Waals surface area (Å²) in [6, 6.07) is 10.7. The third-order valence-corrected chi connectivity index (χ3v) is 12.7. The maximum absolute atomic E-state index is 11.6. The lowest BCUT2D eigenvalue weighted by Gasteiger charge is -2.22. The summed E-state index contributed by atoms with van der Waals surface area (Å²) in [6.45, 7) is 42.1. The highest BCUT2D eigenvalue weighted by atomic mass is 16.6. The predicted octanol–water partition coefficient (Wildman–Crippen LogP) is 10.1. The number of carboxylic acid groups (broad SMARTS) is 1. The van der Waals surface area contributed by atoms with E-state index in [0.717, 1.165) is 25.7 Å². The lowest BCUT2D eigenvalue weighted by molar-refractivity contribution is -0.159. The smallest absolute Gasteiger partial charge is 0.333 e. The second kappa shape index (κ2) is 39.7. The molecule has 0 aliphatic rings. The number of hydrogen-bond acceptors (Lipinski definition) is 12. The van der Waals surface area contributed by atoms with Crippen molar-refractivity contribution in [3.63, 3.8) is 0 Å². The number of hydrogen-bond donors (Lipinski definition) is 5. The van der Waals surface area contributed by atoms with Crippen molar-refractivity contribution in [3.05, 3.63) is 48.0 Å². The Labute approximate surface area is 436 Å². The normalized spacial score (nSPS) is 12.3. The maximum Gasteiger partial charge on any atom is 0.333 e. The van der Waals surface area contributed by atoms with Crippen LogP contribution in [0.4, 0.5) is 0 Å². The Bertz CT molecular complexity index is 1660. The number of aliphatic hydroxyl groups excluding tert-OH is 1. The van der Waals surface area contributed by atoms with Crippen LogP contribution in [0.5, 0.6) is 0 Å². The molecule has 3 atom stereocenters. The molecule has 0 radical (unpaired) electrons. The quantitative estimate of drug-likeness (QED) is 0.0213. The van der Waals surface area contributed by atoms with E-state index in [2.05, 4.69) is 68.3 Å². The molecule has 0 fully saturated rings. The zero-order valence-electron chi connectivity index (χ0n) is 48.8. The Hall–Kier alpha value is -4.83. The van der Waals surface area contributed by atoms with Gasteiger partial charge in [0.1, 0.15) is 25.9 Å². The van der Waals surface area contributed by atoms with Crippen LogP contribution in [0.1, 0.15) is 189 Å². The average Bonchev–Trinajstić information content (AvgIpc) is 3.35. The topological polar surface area (TPSA) is 247 Å². The number of rotatable bonds is 24. The van der Waals surface area contributed by atoms with Crippen LogP contribution in [0.3, 0.4) is 0 Å². The summed E-state index contributed by atoms with van der Waals surface area (Å²) in [7, 11) is 1.58. The molecule has 0 bridgehead atoms. The number of carboxylic acids is 1. The van der Waals surface area contributed by atoms with Crippen LogP contribution in [-0.2, 0) is 57.9 Å². The van der Waals surface area contributed by atoms with Crippen molar-refractivity contribution in [2.45, 2.75) is 195 Å². The molecule has 0 spiro atoms. The van der Waals surface area contributed by atoms with Crippen molar-refractivity contribution in [2.24, 2.45) is 39.2 Å². The second-order valence-electron chi connectivity index (χ2n) is 20.9. The van der Waals surface area contributed by atoms with Gasteiger partial charge in [0.05, 0.1) is 29.5 Å². The first kappa shape index (κ1) is 76.1. The van der Waals surface area contributed by atoms with E-state index in [1.54, 1.807) is 34.8 Å². The van der Waals surface area contributed by atoms with Crippen molar-refractivity contribution in [1.29, 1.82) is 0 Å². The molecule has 0 aliphatic carbocycles. The molecular weight excluding hydrogens is 923 g/mol. The van der Waals surface area contributed by atoms with Gasteiger partial charge in [-0.05, 0) is 104 Å². The minimum absolute atomic E-state index is 0.00509. The molecule has 16 nitrogen and oxygen atoms in total. The number of methoxy groups -OCH3 is 1. The van der Waals surface area contributed by atoms with E-state index in [0.29, 0.717) is 31.5 Å². The van der Waals surface area contributed by atoms with Crippen molar-refractivity contribution >= 4 is 41.6 Å². The highest BCUT2D eigenvalue weighted by molar-refractivity contribution is 5.87. The van der Waals surface area contributed by atoms with Gasteiger partial charge in [0.2, 0.25) is 17.7 Å². The van der Waals surface area contributed by atoms with Crippen molar-refractivity contribution in [3.8, 4) is 0 Å². The van der Waals surface area contributed by atoms with Gasteiger partial charge in [-0.15, -0.1) is 0 Å². The monoisotopic (exact) mass is 1030 g/mol. The van der Waals surface area contributed by atoms with E-state index in [9.17, 15) is 38.7 Å². The molecule has 1 aromatic rings. The van der Waals surface area contributed by atoms with Crippen LogP contribution >= 0.6 is 0 Å². The fourth-order valence-corrected chi connectivity index (χ4v) is 3.77. The number of carbonyl (C=O) groups excluding carboxylic acids is 6. The molecule has 1 aromatic carbocycles. The van der Waals surface area contributed by atoms with Crippen LogP contribution in [0.2, 0.25) is 0 Å². The second-order valence-corrected chi connectivity index (χ2v) is 20.9. The predicted molar refractivity (Wildman–Crippen MR) is 289 cm³/mol. The summed E-state index contributed by atoms with van der Waals surface area (Å²) in [5.41, 5.74) is 5.26. The molecule has 0 aliphatic heterocycles. The van der Waals surface area contributed by atoms with Gasteiger partial charge in [-0.25, -0.2) is 4.79 Å². The van der Waals surface area contributed by atoms with Crippen molar-refractivity contribution in [2.75, 3.05) is 40.2 Å². The zero-order chi connectivity index (χ0) is 57.7. The molecular formula is C56H103N3O13. The summed E-state index contributed by atoms with van der Waals surface area (Å²) in [6.07, 6.45) is 4.72. The summed E-state index contributed by atoms with van der Waals surface area (Å²) < 4.78 is 19.4. The molecule has 3 amide bonds. The molecule has 72 heavy (non-hydrogen) atoms. The molecule has 0 saturated carbocycles. The molecule has 3 unspecified atom stereocenters. The first-order valence-electron chi connectivity index (χ1n) is 25.4. The number of nitrogens with one attached hydrogen (secondary N) is 2. The number of aliphatic hydroxyl groups is 1. The molecule has 420 valence electrons. The van der Waals surface area contributed by atoms with Gasteiger partial charge in [0.25, 0.3) is 0 Å². The van der Waals surface area contributed by atoms with Gasteiger partial charge in [-0.1, -0.05) is 127 Å². The lowest BCUT2D eigenvalue weighted by Crippen LogP contribution is -2.41. The molecule has 0 heterocycles. The average molecular weight is 1030 g/mol. The van der Waals surface area contributed by atoms with Crippen LogP contribution in [0.15, 0.2) is 42.5 Å². The van der Waals surface area contributed by atoms with Gasteiger partial charge < -0.3 is 45.5 Å². The fraction of sp³-hybridized carbons (Fsp3) is 0.732. The number of carbonyl (C=O) groups is 7. The lowest BCUT2D eigenvalue weighted by atomic mass is 9.82. The summed E-state index contributed by atoms with van der Waals surface area (Å²) in [5.74, 6) is -2.06. The highest BCUT2D eigenvalue weighted by Crippen LogP contribution is 2.26. The number of amides is 3. The van der Waals surface area contributed by atoms with E-state index < -0.39 is 28.9 Å². The van der Waals surface area contributed by atoms with Crippen molar-refractivity contribution in [1.82, 2.24) is 10.6 Å². The Kier molecular flexibility index (Phi) is 41.9. The standard InChI is InChI=1S/C13H22O5.C11H22N2O2.C11H16.C9H18O3.C6H13NO.C6H12O2/c1-6-13(4,5)12(16)18-8-10(14)7-17-11(15)9(2)3;1-5-8(3)10(14)12-7-13-11(15)9(4)6-2;1-4-11(2,3)10-8-6-5-7-9-10;1-5-9(2,3)8(10)12-7-6-11-4;2*1-4-6(2,3)5(7)8/h10,14H,2,6-8H2,1,3-5H3;8-9H,5-7H2,1-4H3,(H,12,14)(H,13,15);5-9H,4H2,1-3H3;5-7H2,1-4H3;4H2,1-3H3,(H2,7,8);4H2,1-3H3,(H,7,8). The molecule has 1 rings (SSSR count). The number of ether oxygens (including phenoxy) is 4. The molecule has 6 N–H and O–H groups in total. The van der Waals surface area contributed by atoms with Crippen LogP contribution < -0.4 is 16.4 Å². The largest absolute Gasteiger partial charge is 0.481 e. The van der Waals surface area contributed by atoms with E-state index in [1.807, 2.05) is 83.1 Å². The van der Waals surface area contributed by atoms with E-state index in [4.69, 9.17) is 29.8 Å². The SMILES string of the molecule is C=C(C)C(=O)OCC(O)COC(=O)C(C)(C)CC.CCC(C)(C)C(=O)O.CCC(C)(C)C(=O)OCCOC.CCC(C)(C)C(N)=O.CCC(C)(C)c1ccccc1.CCC(C)C(=O)NCNC(=O)C(C)CC. The van der Waals surface area contributed by atoms with Gasteiger partial charge in [-0.3, -0.25) is 28.8 Å². The van der Waals surface area contributed by atoms with Crippen LogP contribution in [0, 0.1) is 33.5 Å². The minimum atomic E-state index is -1.02. The van der Waals surface area contributed by atoms with E-state index in [-0.39, 0.29) is 77.8 Å². The minimum Gasteiger partial charge on any atom is -0.481 e. The summed E-state index contributed by atoms with van der Waals surface area (Å²) in [5, 5.41) is 23.3. The third-order valence-electron chi connectivity index (χ3n) is 12.7. The number of aliphatic carboxylic acids is 1. The number of benzene rings is 1. The zero-order valence-corrected chi connectivity index (χ0v) is 48.8. The molecule has 0 saturated heterocycles. The number of primary amides is 1. The van der Waals surface area contributed by atoms with E-state index >= 15 is 0 Å². The highest BCUT2D eigenvalue weighted by Gasteiger charge is 2.29.